The largest absolute Gasteiger partial charge is 0.415 e. The quantitative estimate of drug-likeness (QED) is 0.886. The van der Waals surface area contributed by atoms with E-state index in [1.54, 1.807) is 6.92 Å². The van der Waals surface area contributed by atoms with Gasteiger partial charge in [-0.2, -0.15) is 18.2 Å². The van der Waals surface area contributed by atoms with Gasteiger partial charge >= 0.3 is 6.18 Å². The van der Waals surface area contributed by atoms with E-state index in [-0.39, 0.29) is 5.82 Å². The molecule has 0 aliphatic heterocycles. The number of hydrogen-bond donors (Lipinski definition) is 1. The first-order valence-corrected chi connectivity index (χ1v) is 5.55. The number of ether oxygens (including phenoxy) is 1. The highest BCUT2D eigenvalue weighted by Gasteiger charge is 2.53. The normalized spacial score (nSPS) is 17.5. The Balaban J connectivity index is 2.99. The minimum atomic E-state index is -4.66. The third-order valence-corrected chi connectivity index (χ3v) is 2.50. The van der Waals surface area contributed by atoms with E-state index in [1.807, 2.05) is 6.92 Å². The number of hydrogen-bond acceptors (Lipinski definition) is 5. The molecule has 2 N–H and O–H groups in total. The Bertz CT molecular complexity index is 390. The molecule has 5 nitrogen and oxygen atoms in total. The van der Waals surface area contributed by atoms with Crippen LogP contribution in [0.2, 0.25) is 0 Å². The lowest BCUT2D eigenvalue weighted by molar-refractivity contribution is -0.190. The first-order valence-electron chi connectivity index (χ1n) is 5.55. The van der Waals surface area contributed by atoms with Gasteiger partial charge in [-0.1, -0.05) is 12.1 Å². The zero-order chi connectivity index (χ0) is 14.0. The van der Waals surface area contributed by atoms with Crippen LogP contribution in [0.25, 0.3) is 0 Å². The number of halogens is 3. The second-order valence-corrected chi connectivity index (χ2v) is 4.01. The molecular formula is C10H16F3N3O2. The summed E-state index contributed by atoms with van der Waals surface area (Å²) in [5, 5.41) is 3.49. The molecule has 0 aliphatic rings. The van der Waals surface area contributed by atoms with Crippen molar-refractivity contribution in [3.63, 3.8) is 0 Å². The maximum atomic E-state index is 12.7. The Labute approximate surface area is 102 Å². The van der Waals surface area contributed by atoms with Gasteiger partial charge in [0.05, 0.1) is 0 Å². The van der Waals surface area contributed by atoms with Gasteiger partial charge in [-0.15, -0.1) is 0 Å². The van der Waals surface area contributed by atoms with E-state index >= 15 is 0 Å². The Morgan fingerprint density at radius 2 is 2.00 bits per heavy atom. The average molecular weight is 267 g/mol. The third kappa shape index (κ3) is 2.81. The van der Waals surface area contributed by atoms with E-state index in [9.17, 15) is 13.2 Å². The van der Waals surface area contributed by atoms with E-state index in [0.717, 1.165) is 6.92 Å². The van der Waals surface area contributed by atoms with Gasteiger partial charge in [0.1, 0.15) is 6.10 Å². The predicted molar refractivity (Wildman–Crippen MR) is 56.6 cm³/mol. The standard InChI is InChI=1S/C10H16F3N3O2/c1-4-6(17-5-2)7-15-8(18-16-7)9(3,14)10(11,12)13/h6H,4-5,14H2,1-3H3. The lowest BCUT2D eigenvalue weighted by Crippen LogP contribution is -2.48. The number of aromatic nitrogens is 2. The summed E-state index contributed by atoms with van der Waals surface area (Å²) in [7, 11) is 0. The van der Waals surface area contributed by atoms with Crippen LogP contribution < -0.4 is 5.73 Å². The lowest BCUT2D eigenvalue weighted by Gasteiger charge is -2.22. The molecule has 0 amide bonds. The van der Waals surface area contributed by atoms with Crippen molar-refractivity contribution in [2.45, 2.75) is 45.0 Å². The first kappa shape index (κ1) is 14.9. The molecule has 0 aliphatic carbocycles. The fourth-order valence-corrected chi connectivity index (χ4v) is 1.27. The second kappa shape index (κ2) is 5.23. The third-order valence-electron chi connectivity index (χ3n) is 2.50. The van der Waals surface area contributed by atoms with Crippen molar-refractivity contribution in [1.29, 1.82) is 0 Å². The van der Waals surface area contributed by atoms with Gasteiger partial charge in [0.2, 0.25) is 5.82 Å². The molecule has 1 heterocycles. The van der Waals surface area contributed by atoms with Crippen molar-refractivity contribution in [3.8, 4) is 0 Å². The molecule has 0 spiro atoms. The van der Waals surface area contributed by atoms with Crippen molar-refractivity contribution in [2.75, 3.05) is 6.61 Å². The summed E-state index contributed by atoms with van der Waals surface area (Å²) in [5.41, 5.74) is 2.52. The fourth-order valence-electron chi connectivity index (χ4n) is 1.27. The number of nitrogens with zero attached hydrogens (tertiary/aromatic N) is 2. The smallest absolute Gasteiger partial charge is 0.370 e. The summed E-state index contributed by atoms with van der Waals surface area (Å²) in [6.45, 7) is 4.77. The van der Waals surface area contributed by atoms with Crippen LogP contribution in [0.3, 0.4) is 0 Å². The maximum Gasteiger partial charge on any atom is 0.415 e. The molecule has 1 aromatic heterocycles. The van der Waals surface area contributed by atoms with E-state index in [0.29, 0.717) is 13.0 Å². The molecule has 0 bridgehead atoms. The minimum absolute atomic E-state index is 0.0790. The van der Waals surface area contributed by atoms with Crippen molar-refractivity contribution in [2.24, 2.45) is 5.73 Å². The predicted octanol–water partition coefficient (Wildman–Crippen LogP) is 2.29. The summed E-state index contributed by atoms with van der Waals surface area (Å²) in [6.07, 6.45) is -4.62. The Morgan fingerprint density at radius 1 is 1.39 bits per heavy atom. The second-order valence-electron chi connectivity index (χ2n) is 4.01. The molecule has 2 atom stereocenters. The van der Waals surface area contributed by atoms with Crippen LogP contribution in [-0.2, 0) is 10.3 Å². The Kier molecular flexibility index (Phi) is 4.33. The molecule has 1 rings (SSSR count). The fraction of sp³-hybridized carbons (Fsp3) is 0.800. The molecule has 0 saturated heterocycles. The molecule has 0 fully saturated rings. The Morgan fingerprint density at radius 3 is 2.44 bits per heavy atom. The molecule has 0 radical (unpaired) electrons. The monoisotopic (exact) mass is 267 g/mol. The number of nitrogens with two attached hydrogens (primary N) is 1. The van der Waals surface area contributed by atoms with Gasteiger partial charge in [-0.3, -0.25) is 0 Å². The van der Waals surface area contributed by atoms with Crippen LogP contribution in [0, 0.1) is 0 Å². The molecule has 0 aromatic carbocycles. The molecule has 104 valence electrons. The van der Waals surface area contributed by atoms with Crippen LogP contribution in [-0.4, -0.2) is 22.9 Å². The van der Waals surface area contributed by atoms with Crippen molar-refractivity contribution < 1.29 is 22.4 Å². The zero-order valence-corrected chi connectivity index (χ0v) is 10.4. The van der Waals surface area contributed by atoms with E-state index in [1.165, 1.54) is 0 Å². The van der Waals surface area contributed by atoms with Crippen LogP contribution in [0.4, 0.5) is 13.2 Å². The van der Waals surface area contributed by atoms with E-state index in [2.05, 4.69) is 14.7 Å². The molecule has 0 saturated carbocycles. The zero-order valence-electron chi connectivity index (χ0n) is 10.4. The van der Waals surface area contributed by atoms with Crippen LogP contribution in [0.15, 0.2) is 4.52 Å². The number of rotatable bonds is 5. The molecular weight excluding hydrogens is 251 g/mol. The molecule has 8 heteroatoms. The van der Waals surface area contributed by atoms with Gasteiger partial charge in [-0.05, 0) is 20.3 Å². The SMILES string of the molecule is CCOC(CC)c1noc(C(C)(N)C(F)(F)F)n1. The summed E-state index contributed by atoms with van der Waals surface area (Å²) in [5.74, 6) is -0.585. The van der Waals surface area contributed by atoms with E-state index < -0.39 is 23.7 Å². The highest BCUT2D eigenvalue weighted by atomic mass is 19.4. The van der Waals surface area contributed by atoms with Crippen LogP contribution in [0.1, 0.15) is 45.0 Å². The van der Waals surface area contributed by atoms with Gasteiger partial charge in [0.15, 0.2) is 5.54 Å². The van der Waals surface area contributed by atoms with Crippen LogP contribution >= 0.6 is 0 Å². The summed E-state index contributed by atoms with van der Waals surface area (Å²) in [6, 6.07) is 0. The van der Waals surface area contributed by atoms with Gasteiger partial charge in [0.25, 0.3) is 5.89 Å². The summed E-state index contributed by atoms with van der Waals surface area (Å²) >= 11 is 0. The van der Waals surface area contributed by atoms with Crippen molar-refractivity contribution in [1.82, 2.24) is 10.1 Å². The highest BCUT2D eigenvalue weighted by Crippen LogP contribution is 2.35. The van der Waals surface area contributed by atoms with Gasteiger partial charge in [0, 0.05) is 6.61 Å². The maximum absolute atomic E-state index is 12.7. The molecule has 18 heavy (non-hydrogen) atoms. The topological polar surface area (TPSA) is 74.2 Å². The van der Waals surface area contributed by atoms with Gasteiger partial charge < -0.3 is 15.0 Å². The summed E-state index contributed by atoms with van der Waals surface area (Å²) < 4.78 is 47.9. The van der Waals surface area contributed by atoms with Crippen molar-refractivity contribution in [3.05, 3.63) is 11.7 Å². The lowest BCUT2D eigenvalue weighted by atomic mass is 10.0. The minimum Gasteiger partial charge on any atom is -0.370 e. The molecule has 1 aromatic rings. The molecule has 2 unspecified atom stereocenters. The van der Waals surface area contributed by atoms with Crippen LogP contribution in [0.5, 0.6) is 0 Å². The average Bonchev–Trinajstić information content (AvgIpc) is 2.73. The van der Waals surface area contributed by atoms with E-state index in [4.69, 9.17) is 10.5 Å². The highest BCUT2D eigenvalue weighted by molar-refractivity contribution is 5.05. The number of alkyl halides is 3. The summed E-state index contributed by atoms with van der Waals surface area (Å²) in [4.78, 5) is 3.69. The first-order chi connectivity index (χ1) is 8.24. The Hall–Kier alpha value is -1.15. The van der Waals surface area contributed by atoms with Crippen molar-refractivity contribution >= 4 is 0 Å². The van der Waals surface area contributed by atoms with Gasteiger partial charge in [-0.25, -0.2) is 0 Å².